The number of hydrogen-bond acceptors (Lipinski definition) is 4. The second kappa shape index (κ2) is 7.19. The van der Waals surface area contributed by atoms with Crippen LogP contribution in [0.25, 0.3) is 5.69 Å². The van der Waals surface area contributed by atoms with Crippen LogP contribution in [-0.4, -0.2) is 46.5 Å². The second-order valence-corrected chi connectivity index (χ2v) is 7.67. The summed E-state index contributed by atoms with van der Waals surface area (Å²) >= 11 is 12.3. The summed E-state index contributed by atoms with van der Waals surface area (Å²) in [6, 6.07) is 5.26. The number of β-amino-alcohol motifs (C(OH)–C–C–N with tert-alkyl or cyclic N) is 1. The minimum atomic E-state index is -0.425. The lowest BCUT2D eigenvalue weighted by Crippen LogP contribution is -2.35. The van der Waals surface area contributed by atoms with Crippen molar-refractivity contribution in [2.45, 2.75) is 25.4 Å². The fourth-order valence-corrected chi connectivity index (χ4v) is 4.20. The van der Waals surface area contributed by atoms with Gasteiger partial charge in [0.2, 0.25) is 0 Å². The van der Waals surface area contributed by atoms with Gasteiger partial charge in [-0.05, 0) is 37.5 Å². The van der Waals surface area contributed by atoms with Gasteiger partial charge in [-0.25, -0.2) is 4.68 Å². The number of benzene rings is 1. The molecule has 1 fully saturated rings. The van der Waals surface area contributed by atoms with Crippen LogP contribution in [0.5, 0.6) is 0 Å². The number of rotatable bonds is 4. The zero-order chi connectivity index (χ0) is 18.3. The van der Waals surface area contributed by atoms with Gasteiger partial charge in [0.05, 0.1) is 16.8 Å². The molecule has 0 bridgehead atoms. The van der Waals surface area contributed by atoms with E-state index in [0.717, 1.165) is 36.2 Å². The highest BCUT2D eigenvalue weighted by molar-refractivity contribution is 6.35. The number of aliphatic hydroxyl groups is 1. The molecule has 1 aromatic carbocycles. The predicted molar refractivity (Wildman–Crippen MR) is 100 cm³/mol. The Bertz CT molecular complexity index is 852. The van der Waals surface area contributed by atoms with E-state index in [0.29, 0.717) is 35.4 Å². The summed E-state index contributed by atoms with van der Waals surface area (Å²) in [5, 5.41) is 21.5. The number of carbonyl (C=O) groups is 1. The Morgan fingerprint density at radius 2 is 2.19 bits per heavy atom. The Hall–Kier alpha value is -1.60. The lowest BCUT2D eigenvalue weighted by atomic mass is 10.1. The van der Waals surface area contributed by atoms with Gasteiger partial charge >= 0.3 is 0 Å². The molecule has 8 heteroatoms. The molecule has 2 aliphatic rings. The highest BCUT2D eigenvalue weighted by atomic mass is 35.5. The van der Waals surface area contributed by atoms with E-state index in [4.69, 9.17) is 23.2 Å². The number of nitrogens with one attached hydrogen (secondary N) is 2. The summed E-state index contributed by atoms with van der Waals surface area (Å²) in [5.74, 6) is -0.175. The molecule has 2 aromatic rings. The number of aliphatic hydroxyl groups excluding tert-OH is 1. The Morgan fingerprint density at radius 1 is 1.35 bits per heavy atom. The van der Waals surface area contributed by atoms with E-state index in [2.05, 4.69) is 15.7 Å². The molecule has 26 heavy (non-hydrogen) atoms. The van der Waals surface area contributed by atoms with Crippen molar-refractivity contribution in [1.82, 2.24) is 20.4 Å². The van der Waals surface area contributed by atoms with Crippen molar-refractivity contribution in [3.63, 3.8) is 0 Å². The van der Waals surface area contributed by atoms with Crippen molar-refractivity contribution < 1.29 is 9.90 Å². The highest BCUT2D eigenvalue weighted by Gasteiger charge is 2.29. The Labute approximate surface area is 161 Å². The first-order chi connectivity index (χ1) is 12.5. The zero-order valence-electron chi connectivity index (χ0n) is 14.1. The van der Waals surface area contributed by atoms with Gasteiger partial charge in [-0.15, -0.1) is 0 Å². The number of carbonyl (C=O) groups excluding carboxylic acids is 1. The molecular formula is C18H20Cl2N4O2. The summed E-state index contributed by atoms with van der Waals surface area (Å²) in [5.41, 5.74) is 3.19. The van der Waals surface area contributed by atoms with Crippen molar-refractivity contribution in [1.29, 1.82) is 0 Å². The molecule has 1 amide bonds. The molecule has 1 aliphatic carbocycles. The maximum absolute atomic E-state index is 12.7. The molecule has 1 saturated heterocycles. The SMILES string of the molecule is O=C(NCC1CNCC1O)c1nn(-c2ccc(Cl)cc2Cl)c2c1CCC2. The molecule has 1 aliphatic heterocycles. The van der Waals surface area contributed by atoms with Crippen LogP contribution in [0.15, 0.2) is 18.2 Å². The molecule has 4 rings (SSSR count). The van der Waals surface area contributed by atoms with Crippen LogP contribution < -0.4 is 10.6 Å². The summed E-state index contributed by atoms with van der Waals surface area (Å²) in [6.07, 6.45) is 2.26. The van der Waals surface area contributed by atoms with Gasteiger partial charge in [0.25, 0.3) is 5.91 Å². The molecule has 3 N–H and O–H groups in total. The van der Waals surface area contributed by atoms with Crippen molar-refractivity contribution in [2.24, 2.45) is 5.92 Å². The molecule has 138 valence electrons. The van der Waals surface area contributed by atoms with Crippen LogP contribution in [0, 0.1) is 5.92 Å². The number of amides is 1. The average molecular weight is 395 g/mol. The van der Waals surface area contributed by atoms with Crippen molar-refractivity contribution in [3.8, 4) is 5.69 Å². The largest absolute Gasteiger partial charge is 0.391 e. The minimum Gasteiger partial charge on any atom is -0.391 e. The first-order valence-electron chi connectivity index (χ1n) is 8.77. The second-order valence-electron chi connectivity index (χ2n) is 6.83. The van der Waals surface area contributed by atoms with Gasteiger partial charge in [-0.2, -0.15) is 5.10 Å². The summed E-state index contributed by atoms with van der Waals surface area (Å²) in [6.45, 7) is 1.70. The minimum absolute atomic E-state index is 0.0276. The van der Waals surface area contributed by atoms with Crippen LogP contribution in [0.1, 0.15) is 28.2 Å². The lowest BCUT2D eigenvalue weighted by Gasteiger charge is -2.13. The van der Waals surface area contributed by atoms with Gasteiger partial charge in [0.15, 0.2) is 5.69 Å². The Morgan fingerprint density at radius 3 is 2.92 bits per heavy atom. The molecule has 1 aromatic heterocycles. The third-order valence-electron chi connectivity index (χ3n) is 5.11. The van der Waals surface area contributed by atoms with E-state index in [-0.39, 0.29) is 11.8 Å². The van der Waals surface area contributed by atoms with Crippen LogP contribution in [0.3, 0.4) is 0 Å². The highest BCUT2D eigenvalue weighted by Crippen LogP contribution is 2.31. The van der Waals surface area contributed by atoms with Crippen molar-refractivity contribution in [3.05, 3.63) is 45.2 Å². The molecular weight excluding hydrogens is 375 g/mol. The van der Waals surface area contributed by atoms with Crippen LogP contribution in [0.4, 0.5) is 0 Å². The maximum atomic E-state index is 12.7. The topological polar surface area (TPSA) is 79.2 Å². The third kappa shape index (κ3) is 3.22. The normalized spacial score (nSPS) is 21.8. The van der Waals surface area contributed by atoms with Gasteiger partial charge in [-0.1, -0.05) is 23.2 Å². The quantitative estimate of drug-likeness (QED) is 0.740. The van der Waals surface area contributed by atoms with Gasteiger partial charge in [-0.3, -0.25) is 4.79 Å². The van der Waals surface area contributed by atoms with Crippen LogP contribution >= 0.6 is 23.2 Å². The summed E-state index contributed by atoms with van der Waals surface area (Å²) in [4.78, 5) is 12.7. The first-order valence-corrected chi connectivity index (χ1v) is 9.53. The molecule has 2 heterocycles. The fraction of sp³-hybridized carbons (Fsp3) is 0.444. The number of nitrogens with zero attached hydrogens (tertiary/aromatic N) is 2. The molecule has 2 unspecified atom stereocenters. The van der Waals surface area contributed by atoms with Gasteiger partial charge < -0.3 is 15.7 Å². The van der Waals surface area contributed by atoms with Crippen molar-refractivity contribution >= 4 is 29.1 Å². The van der Waals surface area contributed by atoms with E-state index in [9.17, 15) is 9.90 Å². The smallest absolute Gasteiger partial charge is 0.272 e. The van der Waals surface area contributed by atoms with Gasteiger partial charge in [0.1, 0.15) is 0 Å². The van der Waals surface area contributed by atoms with Crippen molar-refractivity contribution in [2.75, 3.05) is 19.6 Å². The molecule has 0 radical (unpaired) electrons. The monoisotopic (exact) mass is 394 g/mol. The van der Waals surface area contributed by atoms with Gasteiger partial charge in [0, 0.05) is 41.8 Å². The predicted octanol–water partition coefficient (Wildman–Crippen LogP) is 1.98. The Balaban J connectivity index is 1.60. The molecule has 0 saturated carbocycles. The molecule has 6 nitrogen and oxygen atoms in total. The average Bonchev–Trinajstić information content (AvgIpc) is 3.30. The van der Waals surface area contributed by atoms with E-state index in [1.807, 2.05) is 6.07 Å². The number of fused-ring (bicyclic) bond motifs is 1. The van der Waals surface area contributed by atoms with E-state index >= 15 is 0 Å². The number of hydrogen-bond donors (Lipinski definition) is 3. The van der Waals surface area contributed by atoms with Crippen LogP contribution in [0.2, 0.25) is 10.0 Å². The third-order valence-corrected chi connectivity index (χ3v) is 5.65. The standard InChI is InChI=1S/C18H20Cl2N4O2/c19-11-4-5-15(13(20)6-11)24-14-3-1-2-12(14)17(23-24)18(26)22-8-10-7-21-9-16(10)25/h4-6,10,16,21,25H,1-3,7-9H2,(H,22,26). The first kappa shape index (κ1) is 17.8. The van der Waals surface area contributed by atoms with E-state index < -0.39 is 6.10 Å². The number of halogens is 2. The molecule has 0 spiro atoms. The lowest BCUT2D eigenvalue weighted by molar-refractivity contribution is 0.0921. The fourth-order valence-electron chi connectivity index (χ4n) is 3.71. The van der Waals surface area contributed by atoms with Crippen LogP contribution in [-0.2, 0) is 12.8 Å². The zero-order valence-corrected chi connectivity index (χ0v) is 15.6. The summed E-state index contributed by atoms with van der Waals surface area (Å²) < 4.78 is 1.77. The summed E-state index contributed by atoms with van der Waals surface area (Å²) in [7, 11) is 0. The maximum Gasteiger partial charge on any atom is 0.272 e. The van der Waals surface area contributed by atoms with E-state index in [1.165, 1.54) is 0 Å². The van der Waals surface area contributed by atoms with E-state index in [1.54, 1.807) is 16.8 Å². The molecule has 2 atom stereocenters. The number of aromatic nitrogens is 2. The Kier molecular flexibility index (Phi) is 4.92.